The van der Waals surface area contributed by atoms with Gasteiger partial charge in [0.2, 0.25) is 0 Å². The maximum absolute atomic E-state index is 9.19. The first kappa shape index (κ1) is 12.3. The van der Waals surface area contributed by atoms with Crippen molar-refractivity contribution in [1.29, 1.82) is 0 Å². The van der Waals surface area contributed by atoms with E-state index in [4.69, 9.17) is 4.74 Å². The molecule has 1 fully saturated rings. The third-order valence-corrected chi connectivity index (χ3v) is 4.02. The molecule has 2 nitrogen and oxygen atoms in total. The fourth-order valence-electron chi connectivity index (χ4n) is 1.49. The van der Waals surface area contributed by atoms with Crippen molar-refractivity contribution in [2.45, 2.75) is 26.7 Å². The van der Waals surface area contributed by atoms with Gasteiger partial charge >= 0.3 is 0 Å². The van der Waals surface area contributed by atoms with Crippen LogP contribution in [0.4, 0.5) is 0 Å². The molecule has 3 heteroatoms. The highest BCUT2D eigenvalue weighted by Crippen LogP contribution is 2.31. The fourth-order valence-corrected chi connectivity index (χ4v) is 2.70. The summed E-state index contributed by atoms with van der Waals surface area (Å²) in [5.74, 6) is 3.09. The minimum atomic E-state index is 0.0997. The highest BCUT2D eigenvalue weighted by atomic mass is 32.2. The molecule has 1 rings (SSSR count). The van der Waals surface area contributed by atoms with E-state index >= 15 is 0 Å². The fraction of sp³-hybridized carbons (Fsp3) is 1.00. The first-order chi connectivity index (χ1) is 6.68. The normalized spacial score (nSPS) is 19.7. The summed E-state index contributed by atoms with van der Waals surface area (Å²) in [7, 11) is 0. The van der Waals surface area contributed by atoms with Gasteiger partial charge in [-0.25, -0.2) is 0 Å². The quantitative estimate of drug-likeness (QED) is 0.664. The molecule has 0 aromatic carbocycles. The molecule has 1 heterocycles. The molecule has 0 bridgehead atoms. The van der Waals surface area contributed by atoms with Crippen LogP contribution in [0.15, 0.2) is 0 Å². The molecule has 14 heavy (non-hydrogen) atoms. The van der Waals surface area contributed by atoms with E-state index in [0.717, 1.165) is 24.9 Å². The van der Waals surface area contributed by atoms with Gasteiger partial charge in [0.05, 0.1) is 19.8 Å². The lowest BCUT2D eigenvalue weighted by Crippen LogP contribution is -2.47. The highest BCUT2D eigenvalue weighted by molar-refractivity contribution is 7.99. The Morgan fingerprint density at radius 2 is 2.14 bits per heavy atom. The van der Waals surface area contributed by atoms with Gasteiger partial charge in [0.25, 0.3) is 0 Å². The third kappa shape index (κ3) is 3.79. The number of ether oxygens (including phenoxy) is 1. The molecule has 84 valence electrons. The van der Waals surface area contributed by atoms with Gasteiger partial charge in [-0.2, -0.15) is 11.8 Å². The molecule has 0 aliphatic carbocycles. The van der Waals surface area contributed by atoms with Crippen molar-refractivity contribution >= 4 is 11.8 Å². The van der Waals surface area contributed by atoms with Crippen LogP contribution in [0.2, 0.25) is 0 Å². The number of hydrogen-bond donors (Lipinski definition) is 1. The van der Waals surface area contributed by atoms with Gasteiger partial charge in [-0.15, -0.1) is 0 Å². The zero-order valence-electron chi connectivity index (χ0n) is 9.29. The van der Waals surface area contributed by atoms with Crippen LogP contribution < -0.4 is 0 Å². The van der Waals surface area contributed by atoms with Crippen LogP contribution >= 0.6 is 11.8 Å². The molecule has 0 amide bonds. The summed E-state index contributed by atoms with van der Waals surface area (Å²) < 4.78 is 5.15. The molecule has 0 aromatic rings. The lowest BCUT2D eigenvalue weighted by atomic mass is 9.90. The zero-order valence-corrected chi connectivity index (χ0v) is 10.1. The molecule has 0 radical (unpaired) electrons. The van der Waals surface area contributed by atoms with Crippen LogP contribution in [-0.4, -0.2) is 36.4 Å². The third-order valence-electron chi connectivity index (χ3n) is 2.63. The van der Waals surface area contributed by atoms with Gasteiger partial charge in [0, 0.05) is 11.2 Å². The van der Waals surface area contributed by atoms with Crippen molar-refractivity contribution < 1.29 is 9.84 Å². The average molecular weight is 218 g/mol. The highest BCUT2D eigenvalue weighted by Gasteiger charge is 2.37. The molecule has 0 aromatic heterocycles. The lowest BCUT2D eigenvalue weighted by molar-refractivity contribution is -0.121. The van der Waals surface area contributed by atoms with Crippen molar-refractivity contribution in [3.05, 3.63) is 0 Å². The standard InChI is InChI=1S/C11H22O2S/c1-10(2)4-3-5-14-9-11(6-12)7-13-8-11/h10,12H,3-9H2,1-2H3. The minimum absolute atomic E-state index is 0.0997. The number of aliphatic hydroxyl groups is 1. The predicted molar refractivity (Wildman–Crippen MR) is 61.7 cm³/mol. The molecule has 1 N–H and O–H groups in total. The maximum Gasteiger partial charge on any atom is 0.0575 e. The Kier molecular flexibility index (Phi) is 5.28. The van der Waals surface area contributed by atoms with Crippen LogP contribution in [0.5, 0.6) is 0 Å². The second kappa shape index (κ2) is 5.99. The number of thioether (sulfide) groups is 1. The van der Waals surface area contributed by atoms with Crippen molar-refractivity contribution in [2.75, 3.05) is 31.3 Å². The van der Waals surface area contributed by atoms with Crippen LogP contribution in [0, 0.1) is 11.3 Å². The van der Waals surface area contributed by atoms with Gasteiger partial charge in [-0.05, 0) is 18.1 Å². The van der Waals surface area contributed by atoms with Gasteiger partial charge in [-0.1, -0.05) is 20.3 Å². The number of aliphatic hydroxyl groups excluding tert-OH is 1. The van der Waals surface area contributed by atoms with Crippen molar-refractivity contribution in [3.8, 4) is 0 Å². The molecule has 0 atom stereocenters. The Labute approximate surface area is 91.4 Å². The summed E-state index contributed by atoms with van der Waals surface area (Å²) in [4.78, 5) is 0. The summed E-state index contributed by atoms with van der Waals surface area (Å²) in [6.07, 6.45) is 2.61. The molecule has 1 saturated heterocycles. The van der Waals surface area contributed by atoms with Gasteiger partial charge in [0.15, 0.2) is 0 Å². The number of rotatable bonds is 7. The molecular formula is C11H22O2S. The van der Waals surface area contributed by atoms with Crippen molar-refractivity contribution in [3.63, 3.8) is 0 Å². The van der Waals surface area contributed by atoms with Crippen LogP contribution in [0.25, 0.3) is 0 Å². The second-order valence-corrected chi connectivity index (χ2v) is 5.84. The first-order valence-corrected chi connectivity index (χ1v) is 6.60. The van der Waals surface area contributed by atoms with E-state index in [1.54, 1.807) is 0 Å². The summed E-state index contributed by atoms with van der Waals surface area (Å²) in [6, 6.07) is 0. The van der Waals surface area contributed by atoms with Crippen molar-refractivity contribution in [1.82, 2.24) is 0 Å². The molecule has 1 aliphatic rings. The SMILES string of the molecule is CC(C)CCCSCC1(CO)COC1. The number of hydrogen-bond acceptors (Lipinski definition) is 3. The zero-order chi connectivity index (χ0) is 10.4. The van der Waals surface area contributed by atoms with E-state index in [1.165, 1.54) is 18.6 Å². The lowest BCUT2D eigenvalue weighted by Gasteiger charge is -2.39. The topological polar surface area (TPSA) is 29.5 Å². The maximum atomic E-state index is 9.19. The average Bonchev–Trinajstić information content (AvgIpc) is 2.08. The van der Waals surface area contributed by atoms with E-state index in [9.17, 15) is 5.11 Å². The van der Waals surface area contributed by atoms with Crippen molar-refractivity contribution in [2.24, 2.45) is 11.3 Å². The molecule has 1 aliphatic heterocycles. The molecular weight excluding hydrogens is 196 g/mol. The van der Waals surface area contributed by atoms with E-state index in [1.807, 2.05) is 11.8 Å². The van der Waals surface area contributed by atoms with E-state index in [0.29, 0.717) is 0 Å². The smallest absolute Gasteiger partial charge is 0.0575 e. The van der Waals surface area contributed by atoms with Crippen LogP contribution in [0.1, 0.15) is 26.7 Å². The van der Waals surface area contributed by atoms with Crippen LogP contribution in [-0.2, 0) is 4.74 Å². The summed E-state index contributed by atoms with van der Waals surface area (Å²) in [5.41, 5.74) is 0.0997. The summed E-state index contributed by atoms with van der Waals surface area (Å²) >= 11 is 1.96. The Bertz CT molecular complexity index is 150. The minimum Gasteiger partial charge on any atom is -0.396 e. The second-order valence-electron chi connectivity index (χ2n) is 4.74. The Hall–Kier alpha value is 0.270. The monoisotopic (exact) mass is 218 g/mol. The largest absolute Gasteiger partial charge is 0.396 e. The molecule has 0 unspecified atom stereocenters. The van der Waals surface area contributed by atoms with E-state index in [-0.39, 0.29) is 12.0 Å². The summed E-state index contributed by atoms with van der Waals surface area (Å²) in [6.45, 7) is 6.31. The van der Waals surface area contributed by atoms with Gasteiger partial charge < -0.3 is 9.84 Å². The van der Waals surface area contributed by atoms with Gasteiger partial charge in [0.1, 0.15) is 0 Å². The Morgan fingerprint density at radius 3 is 2.57 bits per heavy atom. The molecule has 0 spiro atoms. The van der Waals surface area contributed by atoms with Gasteiger partial charge in [-0.3, -0.25) is 0 Å². The van der Waals surface area contributed by atoms with Crippen LogP contribution in [0.3, 0.4) is 0 Å². The van der Waals surface area contributed by atoms with E-state index in [2.05, 4.69) is 13.8 Å². The summed E-state index contributed by atoms with van der Waals surface area (Å²) in [5, 5.41) is 9.19. The molecule has 0 saturated carbocycles. The van der Waals surface area contributed by atoms with E-state index < -0.39 is 0 Å². The predicted octanol–water partition coefficient (Wildman–Crippen LogP) is 2.16. The first-order valence-electron chi connectivity index (χ1n) is 5.45. The Morgan fingerprint density at radius 1 is 1.43 bits per heavy atom. The Balaban J connectivity index is 1.97.